The molecule has 1 fully saturated rings. The maximum Gasteiger partial charge on any atom is 0.261 e. The topological polar surface area (TPSA) is 79.7 Å². The molecule has 7 heteroatoms. The molecule has 0 radical (unpaired) electrons. The van der Waals surface area contributed by atoms with Crippen LogP contribution in [0, 0.1) is 0 Å². The number of rotatable bonds is 8. The lowest BCUT2D eigenvalue weighted by atomic mass is 10.0. The molecule has 2 aromatic rings. The van der Waals surface area contributed by atoms with Gasteiger partial charge < -0.3 is 10.2 Å². The number of nitrogens with one attached hydrogen (secondary N) is 3. The van der Waals surface area contributed by atoms with Crippen LogP contribution in [-0.2, 0) is 10.0 Å². The van der Waals surface area contributed by atoms with Gasteiger partial charge in [0.25, 0.3) is 15.9 Å². The van der Waals surface area contributed by atoms with E-state index in [1.54, 1.807) is 47.4 Å². The summed E-state index contributed by atoms with van der Waals surface area (Å²) in [5.74, 6) is -0.188. The van der Waals surface area contributed by atoms with Crippen molar-refractivity contribution in [3.63, 3.8) is 0 Å². The van der Waals surface area contributed by atoms with Crippen LogP contribution in [0.15, 0.2) is 59.5 Å². The minimum Gasteiger partial charge on any atom is -0.352 e. The van der Waals surface area contributed by atoms with Crippen LogP contribution in [0.5, 0.6) is 0 Å². The summed E-state index contributed by atoms with van der Waals surface area (Å²) in [6, 6.07) is 15.4. The fourth-order valence-electron chi connectivity index (χ4n) is 3.78. The van der Waals surface area contributed by atoms with Crippen LogP contribution in [0.1, 0.15) is 43.0 Å². The van der Waals surface area contributed by atoms with E-state index in [-0.39, 0.29) is 10.8 Å². The van der Waals surface area contributed by atoms with Gasteiger partial charge in [0.1, 0.15) is 0 Å². The number of piperidine rings is 1. The molecule has 0 aliphatic carbocycles. The van der Waals surface area contributed by atoms with Crippen LogP contribution < -0.4 is 14.9 Å². The highest BCUT2D eigenvalue weighted by molar-refractivity contribution is 7.92. The first-order valence-corrected chi connectivity index (χ1v) is 11.7. The Morgan fingerprint density at radius 3 is 2.66 bits per heavy atom. The first-order valence-electron chi connectivity index (χ1n) is 10.3. The van der Waals surface area contributed by atoms with E-state index in [2.05, 4.69) is 17.0 Å². The van der Waals surface area contributed by atoms with Gasteiger partial charge in [0, 0.05) is 24.2 Å². The molecule has 1 unspecified atom stereocenters. The van der Waals surface area contributed by atoms with Gasteiger partial charge in [0.15, 0.2) is 0 Å². The van der Waals surface area contributed by atoms with E-state index in [1.807, 2.05) is 0 Å². The molecule has 29 heavy (non-hydrogen) atoms. The number of hydrogen-bond acceptors (Lipinski definition) is 3. The van der Waals surface area contributed by atoms with Crippen LogP contribution in [0.3, 0.4) is 0 Å². The number of likely N-dealkylation sites (tertiary alicyclic amines) is 1. The number of benzene rings is 2. The Balaban J connectivity index is 1.53. The van der Waals surface area contributed by atoms with Crippen LogP contribution in [0.4, 0.5) is 5.69 Å². The molecular formula is C22H30N3O3S+. The van der Waals surface area contributed by atoms with Gasteiger partial charge in [-0.1, -0.05) is 24.3 Å². The summed E-state index contributed by atoms with van der Waals surface area (Å²) in [6.07, 6.45) is 4.84. The predicted octanol–water partition coefficient (Wildman–Crippen LogP) is 2.06. The fraction of sp³-hybridized carbons (Fsp3) is 0.409. The van der Waals surface area contributed by atoms with Crippen LogP contribution >= 0.6 is 0 Å². The molecular weight excluding hydrogens is 386 g/mol. The average Bonchev–Trinajstić information content (AvgIpc) is 2.73. The maximum atomic E-state index is 12.5. The predicted molar refractivity (Wildman–Crippen MR) is 115 cm³/mol. The van der Waals surface area contributed by atoms with Gasteiger partial charge >= 0.3 is 0 Å². The van der Waals surface area contributed by atoms with E-state index in [1.165, 1.54) is 37.9 Å². The quantitative estimate of drug-likeness (QED) is 0.577. The van der Waals surface area contributed by atoms with Crippen molar-refractivity contribution in [1.82, 2.24) is 5.32 Å². The smallest absolute Gasteiger partial charge is 0.261 e. The standard InChI is InChI=1S/C22H29N3O3S/c1-18-9-5-6-15-25(18)16-8-14-23-22(26)19-10-7-11-20(17-19)24-29(27,28)21-12-3-2-4-13-21/h2-4,7,10-13,17-18,24H,5-6,8-9,14-16H2,1H3,(H,23,26)/p+1/t18-/m1/s1. The minimum absolute atomic E-state index is 0.185. The van der Waals surface area contributed by atoms with Gasteiger partial charge in [-0.25, -0.2) is 8.42 Å². The van der Waals surface area contributed by atoms with Gasteiger partial charge in [-0.15, -0.1) is 0 Å². The van der Waals surface area contributed by atoms with Gasteiger partial charge in [-0.3, -0.25) is 9.52 Å². The van der Waals surface area contributed by atoms with Crippen molar-refractivity contribution >= 4 is 21.6 Å². The number of carbonyl (C=O) groups excluding carboxylic acids is 1. The summed E-state index contributed by atoms with van der Waals surface area (Å²) in [6.45, 7) is 5.21. The van der Waals surface area contributed by atoms with Crippen LogP contribution in [0.25, 0.3) is 0 Å². The van der Waals surface area contributed by atoms with Crippen molar-refractivity contribution < 1.29 is 18.1 Å². The molecule has 0 spiro atoms. The molecule has 2 aromatic carbocycles. The Morgan fingerprint density at radius 1 is 1.10 bits per heavy atom. The van der Waals surface area contributed by atoms with Crippen molar-refractivity contribution in [1.29, 1.82) is 0 Å². The van der Waals surface area contributed by atoms with E-state index in [0.29, 0.717) is 23.8 Å². The number of carbonyl (C=O) groups is 1. The number of amides is 1. The van der Waals surface area contributed by atoms with E-state index < -0.39 is 10.0 Å². The van der Waals surface area contributed by atoms with Crippen molar-refractivity contribution in [2.45, 2.75) is 43.5 Å². The van der Waals surface area contributed by atoms with Gasteiger partial charge in [-0.05, 0) is 56.5 Å². The third-order valence-corrected chi connectivity index (χ3v) is 6.87. The van der Waals surface area contributed by atoms with Crippen molar-refractivity contribution in [3.8, 4) is 0 Å². The number of anilines is 1. The summed E-state index contributed by atoms with van der Waals surface area (Å²) in [5.41, 5.74) is 0.810. The summed E-state index contributed by atoms with van der Waals surface area (Å²) >= 11 is 0. The van der Waals surface area contributed by atoms with Crippen molar-refractivity contribution in [2.75, 3.05) is 24.4 Å². The largest absolute Gasteiger partial charge is 0.352 e. The number of sulfonamides is 1. The fourth-order valence-corrected chi connectivity index (χ4v) is 4.85. The normalized spacial score (nSPS) is 19.5. The molecule has 0 aromatic heterocycles. The maximum absolute atomic E-state index is 12.5. The zero-order valence-electron chi connectivity index (χ0n) is 16.9. The Hall–Kier alpha value is -2.38. The second-order valence-corrected chi connectivity index (χ2v) is 9.35. The zero-order chi connectivity index (χ0) is 20.7. The summed E-state index contributed by atoms with van der Waals surface area (Å²) < 4.78 is 27.4. The van der Waals surface area contributed by atoms with Crippen LogP contribution in [0.2, 0.25) is 0 Å². The highest BCUT2D eigenvalue weighted by atomic mass is 32.2. The second-order valence-electron chi connectivity index (χ2n) is 7.66. The minimum atomic E-state index is -3.68. The molecule has 156 valence electrons. The van der Waals surface area contributed by atoms with E-state index in [0.717, 1.165) is 13.0 Å². The van der Waals surface area contributed by atoms with Gasteiger partial charge in [-0.2, -0.15) is 0 Å². The lowest BCUT2D eigenvalue weighted by Gasteiger charge is -2.30. The van der Waals surface area contributed by atoms with E-state index in [9.17, 15) is 13.2 Å². The third-order valence-electron chi connectivity index (χ3n) is 5.47. The molecule has 0 bridgehead atoms. The molecule has 1 aliphatic rings. The molecule has 6 nitrogen and oxygen atoms in total. The van der Waals surface area contributed by atoms with E-state index in [4.69, 9.17) is 0 Å². The monoisotopic (exact) mass is 416 g/mol. The molecule has 3 rings (SSSR count). The molecule has 0 saturated carbocycles. The average molecular weight is 417 g/mol. The van der Waals surface area contributed by atoms with Gasteiger partial charge in [0.05, 0.1) is 24.0 Å². The Kier molecular flexibility index (Phi) is 7.28. The molecule has 1 aliphatic heterocycles. The Bertz CT molecular complexity index is 916. The second kappa shape index (κ2) is 9.89. The Morgan fingerprint density at radius 2 is 1.90 bits per heavy atom. The van der Waals surface area contributed by atoms with Crippen LogP contribution in [-0.4, -0.2) is 40.0 Å². The lowest BCUT2D eigenvalue weighted by molar-refractivity contribution is -0.928. The van der Waals surface area contributed by atoms with Crippen molar-refractivity contribution in [3.05, 3.63) is 60.2 Å². The third kappa shape index (κ3) is 6.05. The molecule has 1 heterocycles. The zero-order valence-corrected chi connectivity index (χ0v) is 17.7. The molecule has 1 saturated heterocycles. The molecule has 2 atom stereocenters. The molecule has 3 N–H and O–H groups in total. The molecule has 1 amide bonds. The first-order chi connectivity index (χ1) is 14.0. The summed E-state index contributed by atoms with van der Waals surface area (Å²) in [5, 5.41) is 2.95. The van der Waals surface area contributed by atoms with Gasteiger partial charge in [0.2, 0.25) is 0 Å². The number of quaternary nitrogens is 1. The summed E-state index contributed by atoms with van der Waals surface area (Å²) in [4.78, 5) is 14.3. The van der Waals surface area contributed by atoms with E-state index >= 15 is 0 Å². The lowest BCUT2D eigenvalue weighted by Crippen LogP contribution is -3.16. The number of hydrogen-bond donors (Lipinski definition) is 3. The Labute approximate surface area is 173 Å². The van der Waals surface area contributed by atoms with Crippen molar-refractivity contribution in [2.24, 2.45) is 0 Å². The summed E-state index contributed by atoms with van der Waals surface area (Å²) in [7, 11) is -3.68. The highest BCUT2D eigenvalue weighted by Gasteiger charge is 2.21. The highest BCUT2D eigenvalue weighted by Crippen LogP contribution is 2.17. The SMILES string of the molecule is C[C@@H]1CCCC[NH+]1CCCNC(=O)c1cccc(NS(=O)(=O)c2ccccc2)c1. The first kappa shape index (κ1) is 21.3.